The van der Waals surface area contributed by atoms with Gasteiger partial charge in [0.25, 0.3) is 5.91 Å². The van der Waals surface area contributed by atoms with Crippen LogP contribution in [0.1, 0.15) is 35.9 Å². The normalized spacial score (nSPS) is 16.5. The second kappa shape index (κ2) is 6.42. The topological polar surface area (TPSA) is 79.8 Å². The minimum atomic E-state index is -0.609. The molecule has 0 bridgehead atoms. The molecule has 2 N–H and O–H groups in total. The first-order valence-corrected chi connectivity index (χ1v) is 8.14. The number of nitrogens with zero attached hydrogens (tertiary/aromatic N) is 2. The zero-order valence-electron chi connectivity index (χ0n) is 14.1. The lowest BCUT2D eigenvalue weighted by molar-refractivity contribution is 0.0915. The summed E-state index contributed by atoms with van der Waals surface area (Å²) < 4.78 is 28.1. The highest BCUT2D eigenvalue weighted by atomic mass is 19.1. The smallest absolute Gasteiger partial charge is 0.343 e. The van der Waals surface area contributed by atoms with E-state index in [2.05, 4.69) is 15.4 Å². The van der Waals surface area contributed by atoms with Gasteiger partial charge in [-0.15, -0.1) is 5.10 Å². The minimum absolute atomic E-state index is 0.0568. The average molecular weight is 350 g/mol. The lowest BCUT2D eigenvalue weighted by atomic mass is 9.78. The van der Waals surface area contributed by atoms with Gasteiger partial charge in [-0.05, 0) is 42.2 Å². The summed E-state index contributed by atoms with van der Waals surface area (Å²) in [7, 11) is 1.45. The lowest BCUT2D eigenvalue weighted by Crippen LogP contribution is -2.39. The molecule has 0 unspecified atom stereocenters. The highest BCUT2D eigenvalue weighted by Gasteiger charge is 2.42. The molecule has 6 nitrogen and oxygen atoms in total. The predicted octanol–water partition coefficient (Wildman–Crippen LogP) is 1.78. The van der Waals surface area contributed by atoms with Crippen molar-refractivity contribution in [3.05, 3.63) is 51.7 Å². The number of aromatic nitrogens is 3. The third-order valence-electron chi connectivity index (χ3n) is 4.81. The molecule has 1 atom stereocenters. The first kappa shape index (κ1) is 17.3. The van der Waals surface area contributed by atoms with Crippen LogP contribution in [0.2, 0.25) is 0 Å². The average Bonchev–Trinajstić information content (AvgIpc) is 3.35. The quantitative estimate of drug-likeness (QED) is 0.833. The van der Waals surface area contributed by atoms with E-state index in [0.29, 0.717) is 24.4 Å². The fourth-order valence-corrected chi connectivity index (χ4v) is 3.10. The lowest BCUT2D eigenvalue weighted by Gasteiger charge is -2.30. The minimum Gasteiger partial charge on any atom is -0.349 e. The highest BCUT2D eigenvalue weighted by Crippen LogP contribution is 2.47. The Hall–Kier alpha value is -2.51. The highest BCUT2D eigenvalue weighted by molar-refractivity contribution is 5.90. The maximum atomic E-state index is 14.0. The molecule has 25 heavy (non-hydrogen) atoms. The molecule has 1 fully saturated rings. The molecule has 1 amide bonds. The number of benzene rings is 1. The van der Waals surface area contributed by atoms with Gasteiger partial charge >= 0.3 is 5.69 Å². The van der Waals surface area contributed by atoms with Crippen molar-refractivity contribution in [1.29, 1.82) is 0 Å². The van der Waals surface area contributed by atoms with Crippen LogP contribution in [0.3, 0.4) is 0 Å². The second-order valence-electron chi connectivity index (χ2n) is 6.93. The number of aryl methyl sites for hydroxylation is 1. The first-order valence-electron chi connectivity index (χ1n) is 8.14. The number of hydrogen-bond acceptors (Lipinski definition) is 3. The molecule has 2 aromatic rings. The van der Waals surface area contributed by atoms with Crippen LogP contribution in [-0.4, -0.2) is 27.2 Å². The number of hydrogen-bond donors (Lipinski definition) is 2. The molecule has 8 heteroatoms. The van der Waals surface area contributed by atoms with Crippen molar-refractivity contribution < 1.29 is 13.6 Å². The van der Waals surface area contributed by atoms with Crippen LogP contribution >= 0.6 is 0 Å². The molecule has 1 heterocycles. The molecule has 134 valence electrons. The van der Waals surface area contributed by atoms with Crippen LogP contribution in [0.4, 0.5) is 8.78 Å². The number of carbonyl (C=O) groups excluding carboxylic acids is 1. The number of aromatic amines is 1. The Morgan fingerprint density at radius 2 is 2.16 bits per heavy atom. The van der Waals surface area contributed by atoms with E-state index in [1.54, 1.807) is 0 Å². The van der Waals surface area contributed by atoms with Crippen LogP contribution in [-0.2, 0) is 13.5 Å². The van der Waals surface area contributed by atoms with Crippen LogP contribution < -0.4 is 11.0 Å². The standard InChI is InChI=1S/C17H20F2N4O2/c1-17(11-4-5-11,8-10-3-6-12(18)7-13(10)19)9-20-15(24)14-21-16(25)23(2)22-14/h3,6-7,11H,4-5,8-9H2,1-2H3,(H,20,24)(H,21,22,25)/t17-/m0/s1. The number of H-pyrrole nitrogens is 1. The van der Waals surface area contributed by atoms with Gasteiger partial charge in [0.2, 0.25) is 5.82 Å². The summed E-state index contributed by atoms with van der Waals surface area (Å²) in [6.07, 6.45) is 2.41. The van der Waals surface area contributed by atoms with E-state index in [-0.39, 0.29) is 11.2 Å². The maximum Gasteiger partial charge on any atom is 0.343 e. The molecule has 1 aromatic heterocycles. The molecule has 1 aromatic carbocycles. The Labute approximate surface area is 143 Å². The summed E-state index contributed by atoms with van der Waals surface area (Å²) in [4.78, 5) is 25.9. The molecular weight excluding hydrogens is 330 g/mol. The fraction of sp³-hybridized carbons (Fsp3) is 0.471. The van der Waals surface area contributed by atoms with Gasteiger partial charge in [-0.3, -0.25) is 9.78 Å². The monoisotopic (exact) mass is 350 g/mol. The van der Waals surface area contributed by atoms with Crippen LogP contribution in [0, 0.1) is 23.0 Å². The van der Waals surface area contributed by atoms with Gasteiger partial charge in [0.05, 0.1) is 0 Å². The van der Waals surface area contributed by atoms with E-state index in [4.69, 9.17) is 0 Å². The van der Waals surface area contributed by atoms with Crippen molar-refractivity contribution in [2.45, 2.75) is 26.2 Å². The zero-order chi connectivity index (χ0) is 18.2. The third kappa shape index (κ3) is 3.78. The predicted molar refractivity (Wildman–Crippen MR) is 87.1 cm³/mol. The fourth-order valence-electron chi connectivity index (χ4n) is 3.10. The van der Waals surface area contributed by atoms with E-state index in [1.165, 1.54) is 19.2 Å². The van der Waals surface area contributed by atoms with E-state index in [1.807, 2.05) is 6.92 Å². The number of carbonyl (C=O) groups is 1. The van der Waals surface area contributed by atoms with Crippen LogP contribution in [0.5, 0.6) is 0 Å². The summed E-state index contributed by atoms with van der Waals surface area (Å²) in [6.45, 7) is 2.29. The molecule has 3 rings (SSSR count). The van der Waals surface area contributed by atoms with Crippen molar-refractivity contribution in [3.8, 4) is 0 Å². The van der Waals surface area contributed by atoms with Gasteiger partial charge in [0.15, 0.2) is 0 Å². The Morgan fingerprint density at radius 3 is 2.72 bits per heavy atom. The number of amides is 1. The van der Waals surface area contributed by atoms with Crippen molar-refractivity contribution in [2.24, 2.45) is 18.4 Å². The van der Waals surface area contributed by atoms with E-state index >= 15 is 0 Å². The Kier molecular flexibility index (Phi) is 4.45. The molecular formula is C17H20F2N4O2. The largest absolute Gasteiger partial charge is 0.349 e. The van der Waals surface area contributed by atoms with E-state index < -0.39 is 23.2 Å². The number of rotatable bonds is 6. The molecule has 0 aliphatic heterocycles. The van der Waals surface area contributed by atoms with Crippen molar-refractivity contribution in [3.63, 3.8) is 0 Å². The molecule has 0 radical (unpaired) electrons. The van der Waals surface area contributed by atoms with E-state index in [9.17, 15) is 18.4 Å². The van der Waals surface area contributed by atoms with Crippen molar-refractivity contribution in [1.82, 2.24) is 20.1 Å². The second-order valence-corrected chi connectivity index (χ2v) is 6.93. The SMILES string of the molecule is Cn1nc(C(=O)NC[C@](C)(Cc2ccc(F)cc2F)C2CC2)[nH]c1=O. The number of halogens is 2. The first-order chi connectivity index (χ1) is 11.8. The van der Waals surface area contributed by atoms with Gasteiger partial charge in [-0.2, -0.15) is 0 Å². The van der Waals surface area contributed by atoms with Crippen molar-refractivity contribution in [2.75, 3.05) is 6.54 Å². The van der Waals surface area contributed by atoms with Crippen LogP contribution in [0.25, 0.3) is 0 Å². The van der Waals surface area contributed by atoms with Gasteiger partial charge in [-0.1, -0.05) is 13.0 Å². The van der Waals surface area contributed by atoms with Gasteiger partial charge in [-0.25, -0.2) is 18.3 Å². The Balaban J connectivity index is 1.72. The number of nitrogens with one attached hydrogen (secondary N) is 2. The van der Waals surface area contributed by atoms with Gasteiger partial charge < -0.3 is 5.32 Å². The summed E-state index contributed by atoms with van der Waals surface area (Å²) in [5.41, 5.74) is -0.400. The third-order valence-corrected chi connectivity index (χ3v) is 4.81. The summed E-state index contributed by atoms with van der Waals surface area (Å²) in [5.74, 6) is -1.36. The summed E-state index contributed by atoms with van der Waals surface area (Å²) in [5, 5.41) is 6.59. The zero-order valence-corrected chi connectivity index (χ0v) is 14.1. The molecule has 1 aliphatic carbocycles. The summed E-state index contributed by atoms with van der Waals surface area (Å²) >= 11 is 0. The van der Waals surface area contributed by atoms with Gasteiger partial charge in [0, 0.05) is 19.7 Å². The summed E-state index contributed by atoms with van der Waals surface area (Å²) in [6, 6.07) is 3.56. The molecule has 0 saturated heterocycles. The Bertz CT molecular complexity index is 857. The maximum absolute atomic E-state index is 14.0. The molecule has 0 spiro atoms. The molecule has 1 aliphatic rings. The Morgan fingerprint density at radius 1 is 1.44 bits per heavy atom. The van der Waals surface area contributed by atoms with Gasteiger partial charge in [0.1, 0.15) is 11.6 Å². The van der Waals surface area contributed by atoms with E-state index in [0.717, 1.165) is 23.6 Å². The van der Waals surface area contributed by atoms with Crippen molar-refractivity contribution >= 4 is 5.91 Å². The molecule has 1 saturated carbocycles. The van der Waals surface area contributed by atoms with Crippen LogP contribution in [0.15, 0.2) is 23.0 Å².